The van der Waals surface area contributed by atoms with Crippen LogP contribution in [-0.2, 0) is 11.3 Å². The number of halogens is 1. The van der Waals surface area contributed by atoms with Crippen LogP contribution in [0.1, 0.15) is 24.1 Å². The molecule has 1 fully saturated rings. The van der Waals surface area contributed by atoms with Crippen LogP contribution >= 0.6 is 22.9 Å². The zero-order chi connectivity index (χ0) is 12.5. The molecule has 1 aliphatic carbocycles. The van der Waals surface area contributed by atoms with E-state index >= 15 is 0 Å². The molecule has 0 unspecified atom stereocenters. The first-order valence-electron chi connectivity index (χ1n) is 5.77. The number of hydrogen-bond acceptors (Lipinski definition) is 3. The Morgan fingerprint density at radius 2 is 2.29 bits per heavy atom. The van der Waals surface area contributed by atoms with Gasteiger partial charge in [0.05, 0.1) is 16.3 Å². The molecular formula is C12H17ClN2OS. The number of nitrogens with two attached hydrogens (primary N) is 1. The molecule has 0 spiro atoms. The average Bonchev–Trinajstić information content (AvgIpc) is 2.63. The Balaban J connectivity index is 2.00. The van der Waals surface area contributed by atoms with Gasteiger partial charge >= 0.3 is 0 Å². The Morgan fingerprint density at radius 1 is 1.59 bits per heavy atom. The van der Waals surface area contributed by atoms with Crippen LogP contribution in [0.5, 0.6) is 0 Å². The second-order valence-corrected chi connectivity index (χ2v) is 6.50. The largest absolute Gasteiger partial charge is 0.340 e. The highest BCUT2D eigenvalue weighted by molar-refractivity contribution is 7.16. The van der Waals surface area contributed by atoms with Crippen molar-refractivity contribution in [1.82, 2.24) is 4.90 Å². The Kier molecular flexibility index (Phi) is 3.76. The van der Waals surface area contributed by atoms with Crippen LogP contribution in [0.4, 0.5) is 0 Å². The predicted molar refractivity (Wildman–Crippen MR) is 71.1 cm³/mol. The summed E-state index contributed by atoms with van der Waals surface area (Å²) in [6.45, 7) is 1.08. The summed E-state index contributed by atoms with van der Waals surface area (Å²) >= 11 is 7.39. The summed E-state index contributed by atoms with van der Waals surface area (Å²) in [5.41, 5.74) is 5.46. The monoisotopic (exact) mass is 272 g/mol. The molecule has 1 amide bonds. The zero-order valence-corrected chi connectivity index (χ0v) is 11.5. The number of hydrogen-bond donors (Lipinski definition) is 1. The van der Waals surface area contributed by atoms with Crippen molar-refractivity contribution in [2.45, 2.75) is 25.8 Å². The zero-order valence-electron chi connectivity index (χ0n) is 9.91. The Morgan fingerprint density at radius 3 is 2.71 bits per heavy atom. The van der Waals surface area contributed by atoms with Gasteiger partial charge in [-0.15, -0.1) is 11.3 Å². The van der Waals surface area contributed by atoms with Crippen molar-refractivity contribution in [3.8, 4) is 0 Å². The summed E-state index contributed by atoms with van der Waals surface area (Å²) in [4.78, 5) is 15.2. The molecular weight excluding hydrogens is 256 g/mol. The Labute approximate surface area is 111 Å². The molecule has 0 bridgehead atoms. The minimum Gasteiger partial charge on any atom is -0.340 e. The molecule has 94 valence electrons. The summed E-state index contributed by atoms with van der Waals surface area (Å²) in [7, 11) is 1.84. The molecule has 0 radical (unpaired) electrons. The second kappa shape index (κ2) is 4.96. The van der Waals surface area contributed by atoms with Crippen LogP contribution in [0.15, 0.2) is 12.1 Å². The summed E-state index contributed by atoms with van der Waals surface area (Å²) in [6.07, 6.45) is 2.97. The summed E-state index contributed by atoms with van der Waals surface area (Å²) in [5.74, 6) is 0.177. The maximum absolute atomic E-state index is 12.3. The fraction of sp³-hybridized carbons (Fsp3) is 0.583. The normalized spacial score (nSPS) is 17.6. The molecule has 1 heterocycles. The molecule has 5 heteroatoms. The summed E-state index contributed by atoms with van der Waals surface area (Å²) in [6, 6.07) is 3.83. The van der Waals surface area contributed by atoms with E-state index in [1.807, 2.05) is 19.2 Å². The van der Waals surface area contributed by atoms with Gasteiger partial charge in [-0.05, 0) is 25.0 Å². The molecule has 0 aliphatic heterocycles. The minimum absolute atomic E-state index is 0.177. The highest BCUT2D eigenvalue weighted by Crippen LogP contribution is 2.41. The first-order valence-corrected chi connectivity index (χ1v) is 6.97. The van der Waals surface area contributed by atoms with Crippen LogP contribution in [0.3, 0.4) is 0 Å². The van der Waals surface area contributed by atoms with Crippen molar-refractivity contribution in [1.29, 1.82) is 0 Å². The number of nitrogens with zero attached hydrogens (tertiary/aromatic N) is 1. The smallest absolute Gasteiger partial charge is 0.230 e. The van der Waals surface area contributed by atoms with Gasteiger partial charge in [0.2, 0.25) is 5.91 Å². The third-order valence-corrected chi connectivity index (χ3v) is 4.74. The van der Waals surface area contributed by atoms with Crippen LogP contribution in [0.2, 0.25) is 4.34 Å². The number of amides is 1. The van der Waals surface area contributed by atoms with E-state index in [1.54, 1.807) is 4.90 Å². The lowest BCUT2D eigenvalue weighted by molar-refractivity contribution is -0.145. The van der Waals surface area contributed by atoms with E-state index < -0.39 is 0 Å². The van der Waals surface area contributed by atoms with E-state index in [-0.39, 0.29) is 11.3 Å². The molecule has 0 atom stereocenters. The molecule has 1 aromatic heterocycles. The van der Waals surface area contributed by atoms with Gasteiger partial charge in [0.15, 0.2) is 0 Å². The van der Waals surface area contributed by atoms with Crippen molar-refractivity contribution in [2.75, 3.05) is 13.6 Å². The van der Waals surface area contributed by atoms with Gasteiger partial charge in [-0.3, -0.25) is 4.79 Å². The summed E-state index contributed by atoms with van der Waals surface area (Å²) in [5, 5.41) is 0. The van der Waals surface area contributed by atoms with E-state index in [1.165, 1.54) is 11.3 Å². The van der Waals surface area contributed by atoms with Crippen molar-refractivity contribution in [2.24, 2.45) is 11.1 Å². The topological polar surface area (TPSA) is 46.3 Å². The van der Waals surface area contributed by atoms with Gasteiger partial charge in [-0.25, -0.2) is 0 Å². The molecule has 1 aliphatic rings. The molecule has 0 aromatic carbocycles. The number of carbonyl (C=O) groups excluding carboxylic acids is 1. The molecule has 3 nitrogen and oxygen atoms in total. The molecule has 2 rings (SSSR count). The lowest BCUT2D eigenvalue weighted by Gasteiger charge is -2.41. The number of rotatable bonds is 4. The average molecular weight is 273 g/mol. The predicted octanol–water partition coefficient (Wildman–Crippen LogP) is 2.49. The van der Waals surface area contributed by atoms with Crippen LogP contribution in [0.25, 0.3) is 0 Å². The molecule has 0 saturated heterocycles. The third kappa shape index (κ3) is 2.49. The standard InChI is InChI=1S/C12H17ClN2OS/c1-15(7-9-3-4-10(13)17-9)11(16)12(8-14)5-2-6-12/h3-4H,2,5-8,14H2,1H3. The van der Waals surface area contributed by atoms with E-state index in [4.69, 9.17) is 17.3 Å². The Bertz CT molecular complexity index is 409. The molecule has 1 aromatic rings. The van der Waals surface area contributed by atoms with Crippen LogP contribution in [0, 0.1) is 5.41 Å². The molecule has 2 N–H and O–H groups in total. The highest BCUT2D eigenvalue weighted by atomic mass is 35.5. The first-order chi connectivity index (χ1) is 8.07. The lowest BCUT2D eigenvalue weighted by atomic mass is 9.68. The highest BCUT2D eigenvalue weighted by Gasteiger charge is 2.44. The molecule has 1 saturated carbocycles. The van der Waals surface area contributed by atoms with Crippen molar-refractivity contribution in [3.05, 3.63) is 21.3 Å². The van der Waals surface area contributed by atoms with Gasteiger partial charge in [-0.2, -0.15) is 0 Å². The minimum atomic E-state index is -0.282. The Hall–Kier alpha value is -0.580. The van der Waals surface area contributed by atoms with E-state index in [2.05, 4.69) is 0 Å². The molecule has 17 heavy (non-hydrogen) atoms. The van der Waals surface area contributed by atoms with Gasteiger partial charge in [0.25, 0.3) is 0 Å². The van der Waals surface area contributed by atoms with Crippen molar-refractivity contribution < 1.29 is 4.79 Å². The first kappa shape index (κ1) is 12.9. The SMILES string of the molecule is CN(Cc1ccc(Cl)s1)C(=O)C1(CN)CCC1. The van der Waals surface area contributed by atoms with Crippen molar-refractivity contribution >= 4 is 28.8 Å². The van der Waals surface area contributed by atoms with Crippen LogP contribution in [-0.4, -0.2) is 24.4 Å². The van der Waals surface area contributed by atoms with Gasteiger partial charge in [-0.1, -0.05) is 18.0 Å². The third-order valence-electron chi connectivity index (χ3n) is 3.52. The van der Waals surface area contributed by atoms with E-state index in [0.29, 0.717) is 13.1 Å². The van der Waals surface area contributed by atoms with E-state index in [0.717, 1.165) is 28.5 Å². The lowest BCUT2D eigenvalue weighted by Crippen LogP contribution is -2.50. The van der Waals surface area contributed by atoms with E-state index in [9.17, 15) is 4.79 Å². The maximum Gasteiger partial charge on any atom is 0.230 e. The number of carbonyl (C=O) groups is 1. The fourth-order valence-corrected chi connectivity index (χ4v) is 3.40. The van der Waals surface area contributed by atoms with Crippen molar-refractivity contribution in [3.63, 3.8) is 0 Å². The van der Waals surface area contributed by atoms with Gasteiger partial charge < -0.3 is 10.6 Å². The van der Waals surface area contributed by atoms with Gasteiger partial charge in [0, 0.05) is 18.5 Å². The van der Waals surface area contributed by atoms with Crippen LogP contribution < -0.4 is 5.73 Å². The summed E-state index contributed by atoms with van der Waals surface area (Å²) < 4.78 is 0.762. The number of thiophene rings is 1. The van der Waals surface area contributed by atoms with Gasteiger partial charge in [0.1, 0.15) is 0 Å². The fourth-order valence-electron chi connectivity index (χ4n) is 2.26. The second-order valence-electron chi connectivity index (χ2n) is 4.71. The maximum atomic E-state index is 12.3. The quantitative estimate of drug-likeness (QED) is 0.915.